The average molecular weight is 236 g/mol. The Morgan fingerprint density at radius 2 is 2.00 bits per heavy atom. The molecule has 17 heavy (non-hydrogen) atoms. The van der Waals surface area contributed by atoms with Crippen molar-refractivity contribution in [2.75, 3.05) is 6.54 Å². The number of nitrogens with two attached hydrogens (primary N) is 1. The molecule has 2 unspecified atom stereocenters. The molecule has 0 radical (unpaired) electrons. The van der Waals surface area contributed by atoms with Gasteiger partial charge in [0.25, 0.3) is 0 Å². The molecule has 1 amide bonds. The van der Waals surface area contributed by atoms with Gasteiger partial charge in [0.2, 0.25) is 5.91 Å². The molecule has 3 saturated carbocycles. The number of carbonyl (C=O) groups is 1. The highest BCUT2D eigenvalue weighted by Gasteiger charge is 2.48. The SMILES string of the molecule is CC1(C(=O)N(CC2CC2)C2CC2)CCCC1N. The van der Waals surface area contributed by atoms with Crippen LogP contribution in [0.5, 0.6) is 0 Å². The largest absolute Gasteiger partial charge is 0.339 e. The van der Waals surface area contributed by atoms with Crippen LogP contribution in [-0.2, 0) is 4.79 Å². The molecule has 0 aromatic heterocycles. The maximum atomic E-state index is 12.8. The molecule has 0 heterocycles. The van der Waals surface area contributed by atoms with E-state index in [9.17, 15) is 4.79 Å². The van der Waals surface area contributed by atoms with E-state index in [1.54, 1.807) is 0 Å². The minimum atomic E-state index is -0.266. The van der Waals surface area contributed by atoms with E-state index in [-0.39, 0.29) is 11.5 Å². The van der Waals surface area contributed by atoms with E-state index in [1.165, 1.54) is 25.7 Å². The van der Waals surface area contributed by atoms with Gasteiger partial charge in [-0.3, -0.25) is 4.79 Å². The van der Waals surface area contributed by atoms with Crippen molar-refractivity contribution in [2.45, 2.75) is 64.0 Å². The first-order valence-corrected chi connectivity index (χ1v) is 7.18. The Morgan fingerprint density at radius 3 is 2.47 bits per heavy atom. The van der Waals surface area contributed by atoms with E-state index in [0.29, 0.717) is 11.9 Å². The molecular formula is C14H24N2O. The molecule has 0 bridgehead atoms. The molecule has 96 valence electrons. The first-order chi connectivity index (χ1) is 8.11. The molecule has 2 atom stereocenters. The van der Waals surface area contributed by atoms with Gasteiger partial charge in [0.15, 0.2) is 0 Å². The van der Waals surface area contributed by atoms with Crippen molar-refractivity contribution >= 4 is 5.91 Å². The van der Waals surface area contributed by atoms with Crippen molar-refractivity contribution < 1.29 is 4.79 Å². The second kappa shape index (κ2) is 3.98. The third-order valence-corrected chi connectivity index (χ3v) is 4.92. The van der Waals surface area contributed by atoms with Gasteiger partial charge in [-0.05, 0) is 51.4 Å². The lowest BCUT2D eigenvalue weighted by atomic mass is 9.83. The van der Waals surface area contributed by atoms with Crippen molar-refractivity contribution in [3.05, 3.63) is 0 Å². The topological polar surface area (TPSA) is 46.3 Å². The van der Waals surface area contributed by atoms with Gasteiger partial charge in [0.1, 0.15) is 0 Å². The summed E-state index contributed by atoms with van der Waals surface area (Å²) in [5.41, 5.74) is 5.91. The minimum absolute atomic E-state index is 0.0791. The molecule has 3 aliphatic carbocycles. The standard InChI is InChI=1S/C14H24N2O/c1-14(8-2-3-12(14)15)13(17)16(11-6-7-11)9-10-4-5-10/h10-12H,2-9,15H2,1H3. The summed E-state index contributed by atoms with van der Waals surface area (Å²) in [7, 11) is 0. The number of amides is 1. The Balaban J connectivity index is 1.73. The zero-order valence-corrected chi connectivity index (χ0v) is 10.8. The summed E-state index contributed by atoms with van der Waals surface area (Å²) in [5, 5.41) is 0. The Bertz CT molecular complexity index is 322. The van der Waals surface area contributed by atoms with Crippen LogP contribution in [0.2, 0.25) is 0 Å². The molecular weight excluding hydrogens is 212 g/mol. The Hall–Kier alpha value is -0.570. The average Bonchev–Trinajstić information content (AvgIpc) is 3.18. The molecule has 0 aliphatic heterocycles. The number of rotatable bonds is 4. The highest BCUT2D eigenvalue weighted by Crippen LogP contribution is 2.42. The van der Waals surface area contributed by atoms with E-state index in [1.807, 2.05) is 0 Å². The fraction of sp³-hybridized carbons (Fsp3) is 0.929. The number of hydrogen-bond donors (Lipinski definition) is 1. The Kier molecular flexibility index (Phi) is 2.69. The minimum Gasteiger partial charge on any atom is -0.339 e. The number of carbonyl (C=O) groups excluding carboxylic acids is 1. The first kappa shape index (κ1) is 11.5. The summed E-state index contributed by atoms with van der Waals surface area (Å²) in [6.45, 7) is 3.10. The van der Waals surface area contributed by atoms with Gasteiger partial charge in [-0.15, -0.1) is 0 Å². The van der Waals surface area contributed by atoms with Crippen molar-refractivity contribution in [3.63, 3.8) is 0 Å². The van der Waals surface area contributed by atoms with Crippen molar-refractivity contribution in [3.8, 4) is 0 Å². The van der Waals surface area contributed by atoms with Gasteiger partial charge >= 0.3 is 0 Å². The molecule has 0 aromatic rings. The zero-order valence-electron chi connectivity index (χ0n) is 10.8. The van der Waals surface area contributed by atoms with Crippen molar-refractivity contribution in [1.82, 2.24) is 4.90 Å². The van der Waals surface area contributed by atoms with Crippen LogP contribution >= 0.6 is 0 Å². The lowest BCUT2D eigenvalue weighted by Crippen LogP contribution is -2.50. The van der Waals surface area contributed by atoms with Crippen LogP contribution in [0.3, 0.4) is 0 Å². The predicted octanol–water partition coefficient (Wildman–Crippen LogP) is 1.90. The monoisotopic (exact) mass is 236 g/mol. The predicted molar refractivity (Wildman–Crippen MR) is 67.4 cm³/mol. The van der Waals surface area contributed by atoms with Gasteiger partial charge in [-0.25, -0.2) is 0 Å². The lowest BCUT2D eigenvalue weighted by Gasteiger charge is -2.35. The summed E-state index contributed by atoms with van der Waals surface area (Å²) < 4.78 is 0. The molecule has 2 N–H and O–H groups in total. The van der Waals surface area contributed by atoms with Crippen molar-refractivity contribution in [2.24, 2.45) is 17.1 Å². The molecule has 0 spiro atoms. The maximum Gasteiger partial charge on any atom is 0.230 e. The molecule has 3 heteroatoms. The maximum absolute atomic E-state index is 12.8. The second-order valence-corrected chi connectivity index (χ2v) is 6.55. The summed E-state index contributed by atoms with van der Waals surface area (Å²) >= 11 is 0. The number of nitrogens with zero attached hydrogens (tertiary/aromatic N) is 1. The fourth-order valence-electron chi connectivity index (χ4n) is 3.15. The van der Waals surface area contributed by atoms with E-state index in [2.05, 4.69) is 11.8 Å². The molecule has 3 aliphatic rings. The smallest absolute Gasteiger partial charge is 0.230 e. The first-order valence-electron chi connectivity index (χ1n) is 7.18. The van der Waals surface area contributed by atoms with Gasteiger partial charge in [-0.2, -0.15) is 0 Å². The van der Waals surface area contributed by atoms with Crippen LogP contribution in [0.4, 0.5) is 0 Å². The highest BCUT2D eigenvalue weighted by molar-refractivity contribution is 5.84. The lowest BCUT2D eigenvalue weighted by molar-refractivity contribution is -0.142. The molecule has 3 nitrogen and oxygen atoms in total. The van der Waals surface area contributed by atoms with Crippen LogP contribution < -0.4 is 5.73 Å². The van der Waals surface area contributed by atoms with Crippen LogP contribution in [0, 0.1) is 11.3 Å². The van der Waals surface area contributed by atoms with Gasteiger partial charge in [-0.1, -0.05) is 6.42 Å². The quantitative estimate of drug-likeness (QED) is 0.810. The molecule has 3 fully saturated rings. The Labute approximate surface area is 104 Å². The van der Waals surface area contributed by atoms with Crippen LogP contribution in [0.15, 0.2) is 0 Å². The second-order valence-electron chi connectivity index (χ2n) is 6.55. The summed E-state index contributed by atoms with van der Waals surface area (Å²) in [4.78, 5) is 15.0. The van der Waals surface area contributed by atoms with Gasteiger partial charge in [0, 0.05) is 18.6 Å². The fourth-order valence-corrected chi connectivity index (χ4v) is 3.15. The van der Waals surface area contributed by atoms with Gasteiger partial charge in [0.05, 0.1) is 5.41 Å². The highest BCUT2D eigenvalue weighted by atomic mass is 16.2. The molecule has 3 rings (SSSR count). The number of hydrogen-bond acceptors (Lipinski definition) is 2. The summed E-state index contributed by atoms with van der Waals surface area (Å²) in [6.07, 6.45) is 8.18. The van der Waals surface area contributed by atoms with Gasteiger partial charge < -0.3 is 10.6 Å². The van der Waals surface area contributed by atoms with E-state index < -0.39 is 0 Å². The third kappa shape index (κ3) is 2.10. The Morgan fingerprint density at radius 1 is 1.29 bits per heavy atom. The zero-order chi connectivity index (χ0) is 12.0. The van der Waals surface area contributed by atoms with E-state index in [4.69, 9.17) is 5.73 Å². The van der Waals surface area contributed by atoms with Crippen LogP contribution in [0.25, 0.3) is 0 Å². The summed E-state index contributed by atoms with van der Waals surface area (Å²) in [5.74, 6) is 1.15. The molecule has 0 saturated heterocycles. The molecule has 0 aromatic carbocycles. The van der Waals surface area contributed by atoms with E-state index in [0.717, 1.165) is 31.7 Å². The summed E-state index contributed by atoms with van der Waals surface area (Å²) in [6, 6.07) is 0.628. The van der Waals surface area contributed by atoms with Crippen LogP contribution in [-0.4, -0.2) is 29.4 Å². The van der Waals surface area contributed by atoms with E-state index >= 15 is 0 Å². The van der Waals surface area contributed by atoms with Crippen LogP contribution in [0.1, 0.15) is 51.9 Å². The third-order valence-electron chi connectivity index (χ3n) is 4.92. The van der Waals surface area contributed by atoms with Crippen molar-refractivity contribution in [1.29, 1.82) is 0 Å². The normalized spacial score (nSPS) is 37.2.